The first-order valence-corrected chi connectivity index (χ1v) is 12.0. The van der Waals surface area contributed by atoms with Crippen LogP contribution in [-0.4, -0.2) is 36.5 Å². The van der Waals surface area contributed by atoms with E-state index in [0.29, 0.717) is 30.1 Å². The zero-order valence-electron chi connectivity index (χ0n) is 18.9. The number of rotatable bonds is 5. The van der Waals surface area contributed by atoms with Gasteiger partial charge in [-0.2, -0.15) is 0 Å². The van der Waals surface area contributed by atoms with Crippen molar-refractivity contribution in [3.63, 3.8) is 0 Å². The predicted octanol–water partition coefficient (Wildman–Crippen LogP) is 5.86. The molecule has 0 amide bonds. The standard InChI is InChI=1S/C25H39F3O2/c1-22(30)10-11-23(2)16(12-22)4-5-17-18-6-7-20(24(18,3)9-8-19(17)23)21(29)25(13-26,14-27)15-28/h16-20,30H,4-15H2,1-3H3/t16?,17-,18-,19-,20+,22?,23-,24-/m0/s1. The number of carbonyl (C=O) groups excluding carboxylic acids is 1. The second-order valence-electron chi connectivity index (χ2n) is 12.1. The molecule has 4 rings (SSSR count). The van der Waals surface area contributed by atoms with E-state index < -0.39 is 42.7 Å². The Balaban J connectivity index is 1.58. The Kier molecular flexibility index (Phi) is 5.64. The van der Waals surface area contributed by atoms with Gasteiger partial charge in [-0.3, -0.25) is 4.79 Å². The molecule has 0 aliphatic heterocycles. The Hall–Kier alpha value is -0.580. The van der Waals surface area contributed by atoms with E-state index in [1.807, 2.05) is 6.92 Å². The predicted molar refractivity (Wildman–Crippen MR) is 111 cm³/mol. The van der Waals surface area contributed by atoms with Gasteiger partial charge >= 0.3 is 0 Å². The Morgan fingerprint density at radius 3 is 2.13 bits per heavy atom. The van der Waals surface area contributed by atoms with E-state index in [4.69, 9.17) is 0 Å². The van der Waals surface area contributed by atoms with Crippen LogP contribution in [0.1, 0.15) is 78.6 Å². The van der Waals surface area contributed by atoms with Crippen LogP contribution in [0.4, 0.5) is 13.2 Å². The van der Waals surface area contributed by atoms with Crippen molar-refractivity contribution < 1.29 is 23.1 Å². The van der Waals surface area contributed by atoms with E-state index in [0.717, 1.165) is 51.4 Å². The van der Waals surface area contributed by atoms with Gasteiger partial charge in [-0.05, 0) is 99.2 Å². The second kappa shape index (κ2) is 7.49. The van der Waals surface area contributed by atoms with E-state index in [1.54, 1.807) is 0 Å². The number of alkyl halides is 3. The van der Waals surface area contributed by atoms with Crippen LogP contribution in [0, 0.1) is 45.8 Å². The first kappa shape index (κ1) is 22.6. The maximum Gasteiger partial charge on any atom is 0.150 e. The minimum Gasteiger partial charge on any atom is -0.390 e. The summed E-state index contributed by atoms with van der Waals surface area (Å²) in [5.41, 5.74) is -2.68. The summed E-state index contributed by atoms with van der Waals surface area (Å²) < 4.78 is 40.8. The number of hydrogen-bond acceptors (Lipinski definition) is 2. The molecule has 0 saturated heterocycles. The van der Waals surface area contributed by atoms with Crippen molar-refractivity contribution in [3.8, 4) is 0 Å². The number of ketones is 1. The van der Waals surface area contributed by atoms with Crippen LogP contribution < -0.4 is 0 Å². The maximum atomic E-state index is 13.6. The second-order valence-corrected chi connectivity index (χ2v) is 12.1. The van der Waals surface area contributed by atoms with Crippen molar-refractivity contribution >= 4 is 5.78 Å². The van der Waals surface area contributed by atoms with Gasteiger partial charge in [0, 0.05) is 5.92 Å². The van der Waals surface area contributed by atoms with Crippen LogP contribution in [0.15, 0.2) is 0 Å². The molecule has 2 unspecified atom stereocenters. The number of fused-ring (bicyclic) bond motifs is 5. The lowest BCUT2D eigenvalue weighted by Crippen LogP contribution is -2.56. The smallest absolute Gasteiger partial charge is 0.150 e. The molecule has 4 saturated carbocycles. The fourth-order valence-corrected chi connectivity index (χ4v) is 8.54. The van der Waals surface area contributed by atoms with Gasteiger partial charge in [-0.25, -0.2) is 13.2 Å². The van der Waals surface area contributed by atoms with Gasteiger partial charge in [0.25, 0.3) is 0 Å². The summed E-state index contributed by atoms with van der Waals surface area (Å²) in [6.45, 7) is 2.79. The summed E-state index contributed by atoms with van der Waals surface area (Å²) >= 11 is 0. The molecular weight excluding hydrogens is 389 g/mol. The highest BCUT2D eigenvalue weighted by Gasteiger charge is 2.63. The summed E-state index contributed by atoms with van der Waals surface area (Å²) in [6.07, 6.45) is 8.46. The Bertz CT molecular complexity index is 667. The zero-order valence-corrected chi connectivity index (χ0v) is 18.9. The first-order valence-electron chi connectivity index (χ1n) is 12.0. The van der Waals surface area contributed by atoms with Crippen LogP contribution in [0.25, 0.3) is 0 Å². The van der Waals surface area contributed by atoms with Crippen LogP contribution in [0.3, 0.4) is 0 Å². The molecule has 2 nitrogen and oxygen atoms in total. The molecule has 4 aliphatic carbocycles. The highest BCUT2D eigenvalue weighted by Crippen LogP contribution is 2.68. The number of hydrogen-bond donors (Lipinski definition) is 1. The topological polar surface area (TPSA) is 37.3 Å². The highest BCUT2D eigenvalue weighted by atomic mass is 19.1. The maximum absolute atomic E-state index is 13.6. The van der Waals surface area contributed by atoms with Crippen molar-refractivity contribution in [3.05, 3.63) is 0 Å². The normalized spacial score (nSPS) is 48.6. The molecule has 0 heterocycles. The molecule has 1 N–H and O–H groups in total. The van der Waals surface area contributed by atoms with E-state index in [9.17, 15) is 23.1 Å². The van der Waals surface area contributed by atoms with Gasteiger partial charge in [0.15, 0.2) is 5.78 Å². The molecule has 4 aliphatic rings. The summed E-state index contributed by atoms with van der Waals surface area (Å²) in [7, 11) is 0. The average molecular weight is 429 g/mol. The molecule has 0 aromatic carbocycles. The SMILES string of the molecule is CC1(O)CC[C@@]2(C)C(CC[C@H]3[C@@H]4CC[C@H](C(=O)C(CF)(CF)CF)[C@@]4(C)CC[C@@H]32)C1. The number of halogens is 3. The lowest BCUT2D eigenvalue weighted by atomic mass is 9.43. The minimum absolute atomic E-state index is 0.231. The molecule has 0 radical (unpaired) electrons. The molecule has 4 fully saturated rings. The number of Topliss-reactive ketones (excluding diaryl/α,β-unsaturated/α-hetero) is 1. The molecule has 5 heteroatoms. The van der Waals surface area contributed by atoms with Gasteiger partial charge in [0.05, 0.1) is 5.60 Å². The van der Waals surface area contributed by atoms with Crippen LogP contribution in [0.2, 0.25) is 0 Å². The van der Waals surface area contributed by atoms with Crippen molar-refractivity contribution in [2.75, 3.05) is 20.0 Å². The van der Waals surface area contributed by atoms with Gasteiger partial charge in [-0.15, -0.1) is 0 Å². The van der Waals surface area contributed by atoms with Crippen LogP contribution >= 0.6 is 0 Å². The van der Waals surface area contributed by atoms with Crippen molar-refractivity contribution in [1.82, 2.24) is 0 Å². The highest BCUT2D eigenvalue weighted by molar-refractivity contribution is 5.88. The van der Waals surface area contributed by atoms with Gasteiger partial charge in [-0.1, -0.05) is 13.8 Å². The van der Waals surface area contributed by atoms with E-state index in [-0.39, 0.29) is 10.8 Å². The third-order valence-corrected chi connectivity index (χ3v) is 10.6. The molecule has 30 heavy (non-hydrogen) atoms. The molecule has 0 aromatic rings. The minimum atomic E-state index is -2.09. The third kappa shape index (κ3) is 3.11. The average Bonchev–Trinajstić information content (AvgIpc) is 3.07. The van der Waals surface area contributed by atoms with Gasteiger partial charge in [0.1, 0.15) is 25.4 Å². The largest absolute Gasteiger partial charge is 0.390 e. The monoisotopic (exact) mass is 428 g/mol. The fourth-order valence-electron chi connectivity index (χ4n) is 8.54. The summed E-state index contributed by atoms with van der Waals surface area (Å²) in [6, 6.07) is 0. The lowest BCUT2D eigenvalue weighted by Gasteiger charge is -2.62. The molecule has 0 aromatic heterocycles. The van der Waals surface area contributed by atoms with Crippen molar-refractivity contribution in [2.24, 2.45) is 45.8 Å². The number of aliphatic hydroxyl groups is 1. The Labute approximate surface area is 179 Å². The van der Waals surface area contributed by atoms with Gasteiger partial charge in [0.2, 0.25) is 0 Å². The van der Waals surface area contributed by atoms with Crippen molar-refractivity contribution in [2.45, 2.75) is 84.2 Å². The first-order chi connectivity index (χ1) is 14.1. The summed E-state index contributed by atoms with van der Waals surface area (Å²) in [5.74, 6) is 1.11. The van der Waals surface area contributed by atoms with Gasteiger partial charge < -0.3 is 5.11 Å². The van der Waals surface area contributed by atoms with Crippen LogP contribution in [0.5, 0.6) is 0 Å². The third-order valence-electron chi connectivity index (χ3n) is 10.6. The Morgan fingerprint density at radius 2 is 1.50 bits per heavy atom. The molecule has 0 spiro atoms. The Morgan fingerprint density at radius 1 is 0.867 bits per heavy atom. The molecule has 0 bridgehead atoms. The number of carbonyl (C=O) groups is 1. The van der Waals surface area contributed by atoms with E-state index in [1.165, 1.54) is 0 Å². The van der Waals surface area contributed by atoms with E-state index in [2.05, 4.69) is 13.8 Å². The summed E-state index contributed by atoms with van der Waals surface area (Å²) in [4.78, 5) is 13.2. The zero-order chi connectivity index (χ0) is 21.9. The van der Waals surface area contributed by atoms with Crippen molar-refractivity contribution in [1.29, 1.82) is 0 Å². The molecular formula is C25H39F3O2. The molecule has 8 atom stereocenters. The summed E-state index contributed by atoms with van der Waals surface area (Å²) in [5, 5.41) is 10.6. The fraction of sp³-hybridized carbons (Fsp3) is 0.960. The van der Waals surface area contributed by atoms with E-state index >= 15 is 0 Å². The van der Waals surface area contributed by atoms with Crippen LogP contribution in [-0.2, 0) is 4.79 Å². The quantitative estimate of drug-likeness (QED) is 0.595. The molecule has 172 valence electrons. The lowest BCUT2D eigenvalue weighted by molar-refractivity contribution is -0.156.